The Labute approximate surface area is 581 Å². The minimum absolute atomic E-state index is 0.149. The van der Waals surface area contributed by atoms with Crippen molar-refractivity contribution >= 4 is 28.4 Å². The summed E-state index contributed by atoms with van der Waals surface area (Å²) in [4.78, 5) is 25.7. The maximum absolute atomic E-state index is 13.0. The van der Waals surface area contributed by atoms with Gasteiger partial charge >= 0.3 is 0 Å². The van der Waals surface area contributed by atoms with Crippen molar-refractivity contribution in [3.8, 4) is 0 Å². The van der Waals surface area contributed by atoms with Crippen LogP contribution in [0.3, 0.4) is 0 Å². The first-order valence-electron chi connectivity index (χ1n) is 38.9. The van der Waals surface area contributed by atoms with Crippen LogP contribution in [-0.4, -0.2) is 187 Å². The first-order chi connectivity index (χ1) is 47.2. The molecule has 1 atom stereocenters. The molecule has 5 heterocycles. The lowest BCUT2D eigenvalue weighted by atomic mass is 9.86. The number of benzene rings is 5. The van der Waals surface area contributed by atoms with Gasteiger partial charge < -0.3 is 24.5 Å². The standard InChI is InChI=1S/C17H25FN2.C17H23FN2.2C17H26N2.C16H24N2/c1-14-2-6-16(7-3-14)19-10-12-20(13-11-19)17-8-4-15(18)5-9-17;18-16-6-8-17(9-7-16)20-12-10-19(11-13-20)14-15-4-2-1-3-5-15;1-15-7-9-17(10-8-15)19-13-11-18(12-14-19)16-5-3-2-4-6-16;1-2-5-9-16(8-4-1)18-12-14-19(15-13-18)17-10-6-3-7-11-17;1-2-8-16(9-3-1)18-12-10-17(11-13-18)14-15-6-4-5-7-15/h4-5,8-9,14,16H,2-3,6-7,10-13H2,1H3;1-2,6-9,15H,3-5,10-14H2;2-6,15,17H,7-14H2,1H3;3,6-7,10-11,16H,1-2,4-5,8-9,12-15H2;1-3,8-9,15H,4-7,10-14H2. The molecule has 1 unspecified atom stereocenters. The maximum atomic E-state index is 13.0. The molecule has 5 aliphatic heterocycles. The highest BCUT2D eigenvalue weighted by molar-refractivity contribution is 5.50. The number of hydrogen-bond donors (Lipinski definition) is 0. The first kappa shape index (κ1) is 71.8. The summed E-state index contributed by atoms with van der Waals surface area (Å²) in [5, 5.41) is 0. The van der Waals surface area contributed by atoms with Crippen LogP contribution in [0.2, 0.25) is 0 Å². The lowest BCUT2D eigenvalue weighted by molar-refractivity contribution is 0.133. The normalized spacial score (nSPS) is 25.6. The van der Waals surface area contributed by atoms with Crippen molar-refractivity contribution in [2.75, 3.05) is 168 Å². The number of allylic oxidation sites excluding steroid dienone is 2. The van der Waals surface area contributed by atoms with E-state index in [1.165, 1.54) is 244 Å². The van der Waals surface area contributed by atoms with Gasteiger partial charge in [-0.1, -0.05) is 119 Å². The first-order valence-corrected chi connectivity index (χ1v) is 38.9. The smallest absolute Gasteiger partial charge is 0.123 e. The summed E-state index contributed by atoms with van der Waals surface area (Å²) in [5.74, 6) is 3.42. The average Bonchev–Trinajstić information content (AvgIpc) is 2.00. The summed E-state index contributed by atoms with van der Waals surface area (Å²) in [6, 6.07) is 48.9. The summed E-state index contributed by atoms with van der Waals surface area (Å²) in [6.07, 6.45) is 34.3. The summed E-state index contributed by atoms with van der Waals surface area (Å²) in [6.45, 7) is 30.8. The van der Waals surface area contributed by atoms with E-state index in [0.29, 0.717) is 0 Å². The van der Waals surface area contributed by atoms with Crippen molar-refractivity contribution in [2.24, 2.45) is 23.7 Å². The number of hydrogen-bond acceptors (Lipinski definition) is 10. The maximum Gasteiger partial charge on any atom is 0.123 e. The molecule has 524 valence electrons. The largest absolute Gasteiger partial charge is 0.369 e. The molecule has 0 bridgehead atoms. The summed E-state index contributed by atoms with van der Waals surface area (Å²) >= 11 is 0. The number of piperazine rings is 5. The Morgan fingerprint density at radius 2 is 0.583 bits per heavy atom. The third-order valence-electron chi connectivity index (χ3n) is 23.7. The van der Waals surface area contributed by atoms with Gasteiger partial charge in [-0.05, 0) is 205 Å². The van der Waals surface area contributed by atoms with Crippen molar-refractivity contribution < 1.29 is 8.78 Å². The van der Waals surface area contributed by atoms with Crippen molar-refractivity contribution in [2.45, 2.75) is 167 Å². The van der Waals surface area contributed by atoms with Gasteiger partial charge in [-0.25, -0.2) is 8.78 Å². The third kappa shape index (κ3) is 22.8. The molecule has 5 aliphatic carbocycles. The van der Waals surface area contributed by atoms with Gasteiger partial charge in [0.15, 0.2) is 0 Å². The van der Waals surface area contributed by atoms with Crippen LogP contribution in [0, 0.1) is 35.3 Å². The molecule has 0 radical (unpaired) electrons. The second-order valence-electron chi connectivity index (χ2n) is 30.4. The van der Waals surface area contributed by atoms with Crippen LogP contribution in [-0.2, 0) is 0 Å². The average molecular weight is 1310 g/mol. The van der Waals surface area contributed by atoms with Crippen LogP contribution in [0.15, 0.2) is 152 Å². The highest BCUT2D eigenvalue weighted by atomic mass is 19.1. The number of halogens is 2. The van der Waals surface area contributed by atoms with Crippen LogP contribution in [0.4, 0.5) is 37.2 Å². The molecular weight excluding hydrogens is 1190 g/mol. The predicted molar refractivity (Wildman–Crippen MR) is 404 cm³/mol. The summed E-state index contributed by atoms with van der Waals surface area (Å²) < 4.78 is 25.9. The molecule has 4 saturated carbocycles. The number of anilines is 5. The fraction of sp³-hybridized carbons (Fsp3) is 0.619. The van der Waals surface area contributed by atoms with Crippen LogP contribution in [0.5, 0.6) is 0 Å². The molecule has 10 aliphatic rings. The Hall–Kier alpha value is -5.50. The Balaban J connectivity index is 0.000000122. The van der Waals surface area contributed by atoms with Crippen LogP contribution in [0.25, 0.3) is 0 Å². The van der Waals surface area contributed by atoms with Gasteiger partial charge in [-0.2, -0.15) is 0 Å². The second-order valence-corrected chi connectivity index (χ2v) is 30.4. The molecule has 5 aromatic rings. The molecule has 5 saturated heterocycles. The van der Waals surface area contributed by atoms with Gasteiger partial charge in [0.2, 0.25) is 0 Å². The van der Waals surface area contributed by atoms with Crippen molar-refractivity contribution in [3.63, 3.8) is 0 Å². The highest BCUT2D eigenvalue weighted by Gasteiger charge is 2.30. The zero-order chi connectivity index (χ0) is 65.9. The fourth-order valence-electron chi connectivity index (χ4n) is 17.4. The minimum atomic E-state index is -0.155. The van der Waals surface area contributed by atoms with Gasteiger partial charge in [0, 0.05) is 191 Å². The number of para-hydroxylation sites is 3. The molecule has 0 amide bonds. The zero-order valence-electron chi connectivity index (χ0n) is 59.6. The zero-order valence-corrected chi connectivity index (χ0v) is 59.6. The Bertz CT molecular complexity index is 2870. The van der Waals surface area contributed by atoms with E-state index in [1.807, 2.05) is 24.3 Å². The van der Waals surface area contributed by atoms with Crippen molar-refractivity contribution in [3.05, 3.63) is 163 Å². The minimum Gasteiger partial charge on any atom is -0.369 e. The van der Waals surface area contributed by atoms with Gasteiger partial charge in [0.25, 0.3) is 0 Å². The molecule has 10 nitrogen and oxygen atoms in total. The van der Waals surface area contributed by atoms with Crippen LogP contribution < -0.4 is 24.5 Å². The lowest BCUT2D eigenvalue weighted by Gasteiger charge is -2.42. The Morgan fingerprint density at radius 3 is 0.917 bits per heavy atom. The molecule has 15 rings (SSSR count). The molecular formula is C84H124F2N10. The fourth-order valence-corrected chi connectivity index (χ4v) is 17.4. The quantitative estimate of drug-likeness (QED) is 0.0890. The van der Waals surface area contributed by atoms with E-state index in [0.717, 1.165) is 106 Å². The van der Waals surface area contributed by atoms with E-state index < -0.39 is 0 Å². The van der Waals surface area contributed by atoms with Crippen molar-refractivity contribution in [1.82, 2.24) is 24.5 Å². The molecule has 5 aromatic carbocycles. The number of rotatable bonds is 12. The van der Waals surface area contributed by atoms with E-state index >= 15 is 0 Å². The second kappa shape index (κ2) is 38.7. The van der Waals surface area contributed by atoms with E-state index in [1.54, 1.807) is 24.3 Å². The molecule has 9 fully saturated rings. The SMILES string of the molecule is CC1CCC(N2CCN(c3ccc(F)cc3)CC2)CC1.CC1CCC(N2CCN(c3ccccc3)CC2)CC1.Fc1ccc(N2CCN(CC3CC=CCC3)CC2)cc1.c1ccc(N2CCN(C3CCCCCC3)CC2)cc1.c1ccc(N2CCN(CC3CCCC3)CC2)cc1. The Kier molecular flexibility index (Phi) is 29.0. The van der Waals surface area contributed by atoms with E-state index in [4.69, 9.17) is 0 Å². The molecule has 0 spiro atoms. The lowest BCUT2D eigenvalue weighted by Crippen LogP contribution is -2.51. The topological polar surface area (TPSA) is 32.4 Å². The molecule has 96 heavy (non-hydrogen) atoms. The Morgan fingerprint density at radius 1 is 0.281 bits per heavy atom. The van der Waals surface area contributed by atoms with Gasteiger partial charge in [0.05, 0.1) is 0 Å². The molecule has 12 heteroatoms. The van der Waals surface area contributed by atoms with Crippen LogP contribution >= 0.6 is 0 Å². The van der Waals surface area contributed by atoms with Gasteiger partial charge in [-0.3, -0.25) is 24.5 Å². The summed E-state index contributed by atoms with van der Waals surface area (Å²) in [7, 11) is 0. The van der Waals surface area contributed by atoms with Crippen LogP contribution in [0.1, 0.15) is 149 Å². The highest BCUT2D eigenvalue weighted by Crippen LogP contribution is 2.32. The number of nitrogens with zero attached hydrogens (tertiary/aromatic N) is 10. The van der Waals surface area contributed by atoms with Crippen molar-refractivity contribution in [1.29, 1.82) is 0 Å². The summed E-state index contributed by atoms with van der Waals surface area (Å²) in [5.41, 5.74) is 6.47. The van der Waals surface area contributed by atoms with Gasteiger partial charge in [0.1, 0.15) is 11.6 Å². The van der Waals surface area contributed by atoms with E-state index in [9.17, 15) is 8.78 Å². The molecule has 0 aromatic heterocycles. The third-order valence-corrected chi connectivity index (χ3v) is 23.7. The van der Waals surface area contributed by atoms with Gasteiger partial charge in [-0.15, -0.1) is 0 Å². The molecule has 0 N–H and O–H groups in total. The van der Waals surface area contributed by atoms with E-state index in [2.05, 4.69) is 166 Å². The predicted octanol–water partition coefficient (Wildman–Crippen LogP) is 16.7. The monoisotopic (exact) mass is 1310 g/mol. The van der Waals surface area contributed by atoms with E-state index in [-0.39, 0.29) is 11.6 Å².